The number of nitrogen functional groups attached to an aromatic ring is 1. The van der Waals surface area contributed by atoms with Crippen LogP contribution < -0.4 is 11.1 Å². The minimum atomic E-state index is -1.13. The quantitative estimate of drug-likeness (QED) is 0.337. The van der Waals surface area contributed by atoms with Gasteiger partial charge in [0.15, 0.2) is 16.9 Å². The summed E-state index contributed by atoms with van der Waals surface area (Å²) in [6.45, 7) is 0. The number of carbonyl (C=O) groups is 3. The molecule has 2 aliphatic rings. The van der Waals surface area contributed by atoms with E-state index in [2.05, 4.69) is 20.3 Å². The monoisotopic (exact) mass is 369 g/mol. The lowest BCUT2D eigenvalue weighted by atomic mass is 9.90. The molecule has 1 aromatic heterocycles. The molecule has 0 unspecified atom stereocenters. The van der Waals surface area contributed by atoms with E-state index in [4.69, 9.17) is 15.7 Å². The Morgan fingerprint density at radius 3 is 2.92 bits per heavy atom. The van der Waals surface area contributed by atoms with Crippen molar-refractivity contribution in [1.82, 2.24) is 15.4 Å². The number of aromatic nitrogens is 1. The molecule has 0 saturated carbocycles. The Labute approximate surface area is 145 Å². The zero-order valence-corrected chi connectivity index (χ0v) is 13.9. The van der Waals surface area contributed by atoms with Crippen molar-refractivity contribution in [3.63, 3.8) is 0 Å². The molecule has 3 heterocycles. The summed E-state index contributed by atoms with van der Waals surface area (Å²) in [4.78, 5) is 49.2. The molecule has 2 fully saturated rings. The lowest BCUT2D eigenvalue weighted by Gasteiger charge is -2.49. The zero-order valence-electron chi connectivity index (χ0n) is 13.0. The summed E-state index contributed by atoms with van der Waals surface area (Å²) in [6, 6.07) is -1.24. The summed E-state index contributed by atoms with van der Waals surface area (Å²) in [7, 11) is 1.28. The first-order valence-electron chi connectivity index (χ1n) is 7.28. The number of hydroxylamine groups is 2. The number of nitrogens with one attached hydrogen (secondary N) is 1. The minimum absolute atomic E-state index is 0.109. The number of hydrogen-bond donors (Lipinski definition) is 3. The molecule has 0 radical (unpaired) electrons. The fraction of sp³-hybridized carbons (Fsp3) is 0.462. The Morgan fingerprint density at radius 2 is 2.32 bits per heavy atom. The third-order valence-corrected chi connectivity index (χ3v) is 4.53. The van der Waals surface area contributed by atoms with Gasteiger partial charge in [0.05, 0.1) is 6.04 Å². The molecule has 4 N–H and O–H groups in total. The second kappa shape index (κ2) is 6.64. The largest absolute Gasteiger partial charge is 0.479 e. The van der Waals surface area contributed by atoms with Gasteiger partial charge < -0.3 is 21.0 Å². The van der Waals surface area contributed by atoms with Crippen LogP contribution in [-0.2, 0) is 24.1 Å². The van der Waals surface area contributed by atoms with Crippen molar-refractivity contribution in [1.29, 1.82) is 0 Å². The number of carbonyl (C=O) groups excluding carboxylic acids is 2. The number of rotatable bonds is 5. The number of amides is 2. The Bertz CT molecular complexity index is 749. The number of hydrogen-bond acceptors (Lipinski definition) is 9. The van der Waals surface area contributed by atoms with Crippen LogP contribution >= 0.6 is 11.3 Å². The molecule has 3 rings (SSSR count). The minimum Gasteiger partial charge on any atom is -0.479 e. The van der Waals surface area contributed by atoms with E-state index in [0.29, 0.717) is 6.42 Å². The van der Waals surface area contributed by atoms with Gasteiger partial charge in [0.2, 0.25) is 0 Å². The van der Waals surface area contributed by atoms with Crippen LogP contribution in [0.4, 0.5) is 5.13 Å². The van der Waals surface area contributed by atoms with Gasteiger partial charge in [-0.2, -0.15) is 0 Å². The van der Waals surface area contributed by atoms with E-state index >= 15 is 0 Å². The first-order valence-corrected chi connectivity index (χ1v) is 8.16. The standard InChI is InChI=1S/C13H15N5O6S/c1-23-17-8(5-4-25-13(14)15-5)10(19)16-9-6-2-3-7(12(21)22)24-18(6)11(9)20/h4,6-7,9H,2-3H2,1H3,(H2,14,15)(H,16,19)(H,21,22)/t6-,7-,9+/m0/s1. The summed E-state index contributed by atoms with van der Waals surface area (Å²) in [5.74, 6) is -2.29. The SMILES string of the molecule is CON=C(C(=O)N[C@H]1C(=O)N2O[C@H](C(=O)O)CC[C@@H]12)c1csc(N)n1. The second-order valence-electron chi connectivity index (χ2n) is 5.39. The number of nitrogens with two attached hydrogens (primary N) is 1. The predicted molar refractivity (Wildman–Crippen MR) is 84.4 cm³/mol. The second-order valence-corrected chi connectivity index (χ2v) is 6.28. The summed E-state index contributed by atoms with van der Waals surface area (Å²) in [6.07, 6.45) is -0.410. The maximum atomic E-state index is 12.4. The van der Waals surface area contributed by atoms with Gasteiger partial charge in [-0.1, -0.05) is 5.16 Å². The number of fused-ring (bicyclic) bond motifs is 1. The lowest BCUT2D eigenvalue weighted by molar-refractivity contribution is -0.273. The van der Waals surface area contributed by atoms with Crippen LogP contribution in [0.1, 0.15) is 18.5 Å². The first kappa shape index (κ1) is 17.1. The van der Waals surface area contributed by atoms with Gasteiger partial charge in [-0.15, -0.1) is 11.3 Å². The molecular weight excluding hydrogens is 354 g/mol. The molecule has 25 heavy (non-hydrogen) atoms. The van der Waals surface area contributed by atoms with E-state index in [0.717, 1.165) is 16.4 Å². The van der Waals surface area contributed by atoms with Gasteiger partial charge in [-0.25, -0.2) is 14.8 Å². The number of aliphatic carboxylic acids is 1. The molecule has 12 heteroatoms. The van der Waals surface area contributed by atoms with E-state index in [1.165, 1.54) is 7.11 Å². The number of oxime groups is 1. The maximum Gasteiger partial charge on any atom is 0.335 e. The van der Waals surface area contributed by atoms with Crippen LogP contribution in [0.2, 0.25) is 0 Å². The molecule has 0 aliphatic carbocycles. The van der Waals surface area contributed by atoms with Crippen molar-refractivity contribution in [2.75, 3.05) is 12.8 Å². The maximum absolute atomic E-state index is 12.4. The molecule has 0 bridgehead atoms. The van der Waals surface area contributed by atoms with Gasteiger partial charge in [-0.3, -0.25) is 14.4 Å². The third kappa shape index (κ3) is 3.13. The van der Waals surface area contributed by atoms with Crippen molar-refractivity contribution in [2.45, 2.75) is 31.0 Å². The van der Waals surface area contributed by atoms with Crippen LogP contribution in [0.15, 0.2) is 10.5 Å². The highest BCUT2D eigenvalue weighted by Gasteiger charge is 2.53. The Hall–Kier alpha value is -2.73. The van der Waals surface area contributed by atoms with E-state index < -0.39 is 36.0 Å². The highest BCUT2D eigenvalue weighted by Crippen LogP contribution is 2.31. The summed E-state index contributed by atoms with van der Waals surface area (Å²) < 4.78 is 0. The highest BCUT2D eigenvalue weighted by molar-refractivity contribution is 7.13. The summed E-state index contributed by atoms with van der Waals surface area (Å²) in [5.41, 5.74) is 5.68. The molecule has 1 aromatic rings. The highest BCUT2D eigenvalue weighted by atomic mass is 32.1. The van der Waals surface area contributed by atoms with Gasteiger partial charge in [0, 0.05) is 5.38 Å². The molecule has 3 atom stereocenters. The number of β-lactam (4-membered cyclic amide) rings is 1. The van der Waals surface area contributed by atoms with E-state index in [1.807, 2.05) is 0 Å². The van der Waals surface area contributed by atoms with Crippen molar-refractivity contribution in [3.05, 3.63) is 11.1 Å². The van der Waals surface area contributed by atoms with Gasteiger partial charge in [0.25, 0.3) is 11.8 Å². The first-order chi connectivity index (χ1) is 11.9. The van der Waals surface area contributed by atoms with E-state index in [1.54, 1.807) is 5.38 Å². The van der Waals surface area contributed by atoms with Crippen molar-refractivity contribution in [2.24, 2.45) is 5.16 Å². The molecule has 11 nitrogen and oxygen atoms in total. The number of nitrogens with zero attached hydrogens (tertiary/aromatic N) is 3. The van der Waals surface area contributed by atoms with Crippen molar-refractivity contribution in [3.8, 4) is 0 Å². The van der Waals surface area contributed by atoms with Crippen LogP contribution in [0, 0.1) is 0 Å². The number of anilines is 1. The predicted octanol–water partition coefficient (Wildman–Crippen LogP) is -1.05. The topological polar surface area (TPSA) is 156 Å². The fourth-order valence-electron chi connectivity index (χ4n) is 2.67. The third-order valence-electron chi connectivity index (χ3n) is 3.86. The number of carboxylic acid groups (broad SMARTS) is 1. The van der Waals surface area contributed by atoms with E-state index in [-0.39, 0.29) is 23.0 Å². The van der Waals surface area contributed by atoms with Gasteiger partial charge in [0.1, 0.15) is 18.8 Å². The molecule has 134 valence electrons. The summed E-state index contributed by atoms with van der Waals surface area (Å²) in [5, 5.41) is 18.0. The normalized spacial score (nSPS) is 25.8. The smallest absolute Gasteiger partial charge is 0.335 e. The van der Waals surface area contributed by atoms with Gasteiger partial charge in [-0.05, 0) is 12.8 Å². The summed E-state index contributed by atoms with van der Waals surface area (Å²) >= 11 is 1.14. The number of carboxylic acids is 1. The molecule has 2 amide bonds. The Kier molecular flexibility index (Phi) is 4.55. The zero-order chi connectivity index (χ0) is 18.1. The molecule has 2 saturated heterocycles. The average molecular weight is 369 g/mol. The molecular formula is C13H15N5O6S. The van der Waals surface area contributed by atoms with Crippen LogP contribution in [0.5, 0.6) is 0 Å². The van der Waals surface area contributed by atoms with Crippen LogP contribution in [0.3, 0.4) is 0 Å². The molecule has 0 spiro atoms. The van der Waals surface area contributed by atoms with Crippen molar-refractivity contribution >= 4 is 40.0 Å². The van der Waals surface area contributed by atoms with Crippen molar-refractivity contribution < 1.29 is 29.2 Å². The fourth-order valence-corrected chi connectivity index (χ4v) is 3.22. The van der Waals surface area contributed by atoms with Crippen LogP contribution in [-0.4, -0.2) is 63.9 Å². The molecule has 0 aromatic carbocycles. The van der Waals surface area contributed by atoms with E-state index in [9.17, 15) is 14.4 Å². The Morgan fingerprint density at radius 1 is 1.56 bits per heavy atom. The van der Waals surface area contributed by atoms with Crippen LogP contribution in [0.25, 0.3) is 0 Å². The number of thiazole rings is 1. The Balaban J connectivity index is 1.68. The average Bonchev–Trinajstić information content (AvgIpc) is 3.02. The lowest BCUT2D eigenvalue weighted by Crippen LogP contribution is -2.73. The molecule has 2 aliphatic heterocycles. The van der Waals surface area contributed by atoms with Gasteiger partial charge >= 0.3 is 5.97 Å².